The van der Waals surface area contributed by atoms with Gasteiger partial charge < -0.3 is 0 Å². The van der Waals surface area contributed by atoms with E-state index in [1.807, 2.05) is 6.92 Å². The molecule has 0 radical (unpaired) electrons. The van der Waals surface area contributed by atoms with Gasteiger partial charge in [0.25, 0.3) is 10.0 Å². The minimum Gasteiger partial charge on any atom is -0.206 e. The van der Waals surface area contributed by atoms with Crippen LogP contribution in [0.15, 0.2) is 20.1 Å². The molecule has 0 unspecified atom stereocenters. The number of sulfonamides is 1. The molecule has 1 N–H and O–H groups in total. The molecule has 0 atom stereocenters. The third kappa shape index (κ3) is 2.34. The van der Waals surface area contributed by atoms with Gasteiger partial charge in [0.2, 0.25) is 0 Å². The first-order valence-electron chi connectivity index (χ1n) is 5.27. The Labute approximate surface area is 108 Å². The van der Waals surface area contributed by atoms with Crippen molar-refractivity contribution in [2.24, 2.45) is 0 Å². The van der Waals surface area contributed by atoms with Crippen molar-refractivity contribution < 1.29 is 8.42 Å². The number of nitrogens with one attached hydrogen (secondary N) is 1. The van der Waals surface area contributed by atoms with E-state index in [2.05, 4.69) is 20.7 Å². The average molecular weight is 324 g/mol. The van der Waals surface area contributed by atoms with Gasteiger partial charge in [-0.3, -0.25) is 0 Å². The van der Waals surface area contributed by atoms with Crippen LogP contribution in [-0.4, -0.2) is 14.0 Å². The summed E-state index contributed by atoms with van der Waals surface area (Å²) in [6.07, 6.45) is 3.88. The summed E-state index contributed by atoms with van der Waals surface area (Å²) in [5, 5.41) is 0. The zero-order valence-electron chi connectivity index (χ0n) is 8.99. The van der Waals surface area contributed by atoms with E-state index in [-0.39, 0.29) is 5.54 Å². The van der Waals surface area contributed by atoms with Gasteiger partial charge in [-0.15, -0.1) is 11.3 Å². The third-order valence-electron chi connectivity index (χ3n) is 3.15. The van der Waals surface area contributed by atoms with Crippen molar-refractivity contribution in [2.45, 2.75) is 42.4 Å². The molecule has 16 heavy (non-hydrogen) atoms. The predicted molar refractivity (Wildman–Crippen MR) is 69.2 cm³/mol. The van der Waals surface area contributed by atoms with Crippen molar-refractivity contribution in [1.82, 2.24) is 4.72 Å². The summed E-state index contributed by atoms with van der Waals surface area (Å²) in [4.78, 5) is 0. The minimum absolute atomic E-state index is 0.185. The quantitative estimate of drug-likeness (QED) is 0.925. The van der Waals surface area contributed by atoms with Crippen LogP contribution in [0.2, 0.25) is 0 Å². The minimum atomic E-state index is -3.33. The van der Waals surface area contributed by atoms with E-state index in [1.54, 1.807) is 12.1 Å². The summed E-state index contributed by atoms with van der Waals surface area (Å²) < 4.78 is 28.3. The van der Waals surface area contributed by atoms with Gasteiger partial charge in [0.05, 0.1) is 3.79 Å². The number of thiophene rings is 1. The largest absolute Gasteiger partial charge is 0.250 e. The van der Waals surface area contributed by atoms with Crippen LogP contribution in [0.3, 0.4) is 0 Å². The Morgan fingerprint density at radius 3 is 2.56 bits per heavy atom. The second kappa shape index (κ2) is 4.40. The fraction of sp³-hybridized carbons (Fsp3) is 0.600. The zero-order chi connectivity index (χ0) is 11.8. The monoisotopic (exact) mass is 323 g/mol. The normalized spacial score (nSPS) is 19.4. The highest BCUT2D eigenvalue weighted by Gasteiger charge is 2.39. The Morgan fingerprint density at radius 2 is 2.19 bits per heavy atom. The van der Waals surface area contributed by atoms with E-state index in [1.165, 1.54) is 11.3 Å². The van der Waals surface area contributed by atoms with Crippen molar-refractivity contribution in [1.29, 1.82) is 0 Å². The van der Waals surface area contributed by atoms with Crippen LogP contribution < -0.4 is 4.72 Å². The van der Waals surface area contributed by atoms with Crippen molar-refractivity contribution in [3.05, 3.63) is 15.9 Å². The van der Waals surface area contributed by atoms with Gasteiger partial charge in [-0.25, -0.2) is 13.1 Å². The first-order valence-corrected chi connectivity index (χ1v) is 8.36. The van der Waals surface area contributed by atoms with Crippen LogP contribution in [0.25, 0.3) is 0 Å². The SMILES string of the molecule is CCC1(NS(=O)(=O)c2ccc(Br)s2)CCC1. The fourth-order valence-electron chi connectivity index (χ4n) is 1.91. The lowest BCUT2D eigenvalue weighted by Gasteiger charge is -2.41. The third-order valence-corrected chi connectivity index (χ3v) is 6.85. The topological polar surface area (TPSA) is 46.2 Å². The summed E-state index contributed by atoms with van der Waals surface area (Å²) >= 11 is 4.53. The summed E-state index contributed by atoms with van der Waals surface area (Å²) in [6.45, 7) is 2.03. The van der Waals surface area contributed by atoms with E-state index >= 15 is 0 Å². The van der Waals surface area contributed by atoms with Gasteiger partial charge in [0.15, 0.2) is 0 Å². The van der Waals surface area contributed by atoms with E-state index in [4.69, 9.17) is 0 Å². The Morgan fingerprint density at radius 1 is 1.50 bits per heavy atom. The van der Waals surface area contributed by atoms with Crippen LogP contribution in [0.1, 0.15) is 32.6 Å². The number of hydrogen-bond acceptors (Lipinski definition) is 3. The summed E-state index contributed by atoms with van der Waals surface area (Å²) in [7, 11) is -3.33. The van der Waals surface area contributed by atoms with Crippen LogP contribution in [0.4, 0.5) is 0 Å². The van der Waals surface area contributed by atoms with Gasteiger partial charge in [0.1, 0.15) is 4.21 Å². The molecule has 2 rings (SSSR count). The smallest absolute Gasteiger partial charge is 0.206 e. The Kier molecular flexibility index (Phi) is 3.45. The first-order chi connectivity index (χ1) is 7.47. The van der Waals surface area contributed by atoms with E-state index in [0.29, 0.717) is 4.21 Å². The Hall–Kier alpha value is 0.0900. The molecule has 1 aliphatic carbocycles. The highest BCUT2D eigenvalue weighted by molar-refractivity contribution is 9.11. The summed E-state index contributed by atoms with van der Waals surface area (Å²) in [5.74, 6) is 0. The molecular formula is C10H14BrNO2S2. The van der Waals surface area contributed by atoms with E-state index in [0.717, 1.165) is 29.5 Å². The lowest BCUT2D eigenvalue weighted by molar-refractivity contribution is 0.214. The Bertz CT molecular complexity index is 471. The van der Waals surface area contributed by atoms with Crippen LogP contribution in [-0.2, 0) is 10.0 Å². The van der Waals surface area contributed by atoms with Gasteiger partial charge in [-0.1, -0.05) is 6.92 Å². The first kappa shape index (κ1) is 12.5. The molecule has 0 saturated heterocycles. The lowest BCUT2D eigenvalue weighted by Crippen LogP contribution is -2.52. The molecule has 1 aliphatic rings. The molecule has 1 aromatic rings. The molecular weight excluding hydrogens is 310 g/mol. The molecule has 6 heteroatoms. The van der Waals surface area contributed by atoms with E-state index in [9.17, 15) is 8.42 Å². The number of rotatable bonds is 4. The maximum absolute atomic E-state index is 12.1. The molecule has 0 bridgehead atoms. The van der Waals surface area contributed by atoms with Gasteiger partial charge in [-0.2, -0.15) is 0 Å². The highest BCUT2D eigenvalue weighted by Crippen LogP contribution is 2.37. The van der Waals surface area contributed by atoms with Crippen LogP contribution in [0, 0.1) is 0 Å². The molecule has 0 amide bonds. The van der Waals surface area contributed by atoms with Crippen molar-refractivity contribution >= 4 is 37.3 Å². The second-order valence-corrected chi connectivity index (χ2v) is 8.52. The van der Waals surface area contributed by atoms with Gasteiger partial charge in [-0.05, 0) is 53.7 Å². The Balaban J connectivity index is 2.20. The average Bonchev–Trinajstić information content (AvgIpc) is 2.59. The van der Waals surface area contributed by atoms with Crippen molar-refractivity contribution in [3.8, 4) is 0 Å². The molecule has 0 spiro atoms. The van der Waals surface area contributed by atoms with Crippen LogP contribution in [0.5, 0.6) is 0 Å². The molecule has 1 heterocycles. The summed E-state index contributed by atoms with van der Waals surface area (Å²) in [6, 6.07) is 3.40. The second-order valence-electron chi connectivity index (χ2n) is 4.15. The molecule has 1 fully saturated rings. The van der Waals surface area contributed by atoms with Crippen LogP contribution >= 0.6 is 27.3 Å². The standard InChI is InChI=1S/C10H14BrNO2S2/c1-2-10(6-3-7-10)12-16(13,14)9-5-4-8(11)15-9/h4-5,12H,2-3,6-7H2,1H3. The molecule has 90 valence electrons. The number of hydrogen-bond donors (Lipinski definition) is 1. The zero-order valence-corrected chi connectivity index (χ0v) is 12.2. The van der Waals surface area contributed by atoms with E-state index < -0.39 is 10.0 Å². The molecule has 0 aliphatic heterocycles. The molecule has 0 aromatic carbocycles. The maximum atomic E-state index is 12.1. The van der Waals surface area contributed by atoms with Gasteiger partial charge in [0, 0.05) is 5.54 Å². The van der Waals surface area contributed by atoms with Crippen molar-refractivity contribution in [3.63, 3.8) is 0 Å². The van der Waals surface area contributed by atoms with Crippen molar-refractivity contribution in [2.75, 3.05) is 0 Å². The summed E-state index contributed by atoms with van der Waals surface area (Å²) in [5.41, 5.74) is -0.185. The molecule has 3 nitrogen and oxygen atoms in total. The molecule has 1 saturated carbocycles. The maximum Gasteiger partial charge on any atom is 0.250 e. The number of halogens is 1. The fourth-order valence-corrected chi connectivity index (χ4v) is 5.45. The van der Waals surface area contributed by atoms with Gasteiger partial charge >= 0.3 is 0 Å². The lowest BCUT2D eigenvalue weighted by atomic mass is 9.76. The highest BCUT2D eigenvalue weighted by atomic mass is 79.9. The molecule has 1 aromatic heterocycles. The predicted octanol–water partition coefficient (Wildman–Crippen LogP) is 3.12.